The molecule has 0 radical (unpaired) electrons. The highest BCUT2D eigenvalue weighted by molar-refractivity contribution is 6.30. The molecule has 2 aliphatic carbocycles. The first-order chi connectivity index (χ1) is 12.7. The van der Waals surface area contributed by atoms with E-state index in [1.807, 2.05) is 12.1 Å². The number of halogens is 2. The van der Waals surface area contributed by atoms with Crippen LogP contribution in [0.4, 0.5) is 4.39 Å². The van der Waals surface area contributed by atoms with E-state index in [1.54, 1.807) is 12.1 Å². The van der Waals surface area contributed by atoms with Crippen molar-refractivity contribution < 1.29 is 4.39 Å². The summed E-state index contributed by atoms with van der Waals surface area (Å²) in [5.74, 6) is 0.813. The lowest BCUT2D eigenvalue weighted by molar-refractivity contribution is 0.607. The summed E-state index contributed by atoms with van der Waals surface area (Å²) in [6.45, 7) is 2.54. The van der Waals surface area contributed by atoms with E-state index in [1.165, 1.54) is 22.9 Å². The molecule has 1 N–H and O–H groups in total. The van der Waals surface area contributed by atoms with Crippen LogP contribution in [-0.4, -0.2) is 22.9 Å². The van der Waals surface area contributed by atoms with Gasteiger partial charge in [-0.25, -0.2) is 4.39 Å². The van der Waals surface area contributed by atoms with Crippen LogP contribution < -0.4 is 5.32 Å². The summed E-state index contributed by atoms with van der Waals surface area (Å²) in [5.41, 5.74) is 6.05. The second-order valence-corrected chi connectivity index (χ2v) is 7.87. The highest BCUT2D eigenvalue weighted by atomic mass is 35.5. The van der Waals surface area contributed by atoms with Crippen molar-refractivity contribution in [2.24, 2.45) is 11.8 Å². The standard InChI is InChI=1S/C21H21ClFN3/c22-19-5-4-15(17-11-18(17)19)21-16-6-8-24-9-7-20(16)26(25-21)12-13-2-1-3-14(23)10-13/h1-5,10,17-18,24H,6-9,11-12H2. The third kappa shape index (κ3) is 2.81. The Kier molecular flexibility index (Phi) is 3.98. The smallest absolute Gasteiger partial charge is 0.123 e. The number of benzene rings is 1. The monoisotopic (exact) mass is 369 g/mol. The molecule has 1 saturated carbocycles. The Balaban J connectivity index is 1.57. The lowest BCUT2D eigenvalue weighted by Gasteiger charge is -2.10. The summed E-state index contributed by atoms with van der Waals surface area (Å²) in [6, 6.07) is 6.81. The van der Waals surface area contributed by atoms with Crippen molar-refractivity contribution in [3.05, 3.63) is 69.8 Å². The van der Waals surface area contributed by atoms with Crippen molar-refractivity contribution in [2.45, 2.75) is 25.8 Å². The topological polar surface area (TPSA) is 29.9 Å². The normalized spacial score (nSPS) is 24.2. The largest absolute Gasteiger partial charge is 0.316 e. The first-order valence-electron chi connectivity index (χ1n) is 9.32. The predicted molar refractivity (Wildman–Crippen MR) is 102 cm³/mol. The van der Waals surface area contributed by atoms with Crippen LogP contribution in [0.1, 0.15) is 28.9 Å². The van der Waals surface area contributed by atoms with E-state index in [9.17, 15) is 4.39 Å². The molecule has 2 unspecified atom stereocenters. The Morgan fingerprint density at radius 2 is 2.08 bits per heavy atom. The van der Waals surface area contributed by atoms with Crippen LogP contribution in [-0.2, 0) is 19.4 Å². The second kappa shape index (κ2) is 6.36. The molecular weight excluding hydrogens is 349 g/mol. The van der Waals surface area contributed by atoms with E-state index < -0.39 is 0 Å². The number of fused-ring (bicyclic) bond motifs is 2. The molecule has 5 heteroatoms. The van der Waals surface area contributed by atoms with Gasteiger partial charge in [0.15, 0.2) is 0 Å². The Morgan fingerprint density at radius 3 is 2.96 bits per heavy atom. The minimum absolute atomic E-state index is 0.196. The first kappa shape index (κ1) is 16.3. The SMILES string of the molecule is Fc1cccc(Cn2nc(C3=CC=C(Cl)C4CC34)c3c2CCNCC3)c1. The summed E-state index contributed by atoms with van der Waals surface area (Å²) in [4.78, 5) is 0. The van der Waals surface area contributed by atoms with E-state index in [2.05, 4.69) is 16.1 Å². The van der Waals surface area contributed by atoms with Crippen LogP contribution in [0.5, 0.6) is 0 Å². The van der Waals surface area contributed by atoms with Gasteiger partial charge in [0, 0.05) is 35.2 Å². The highest BCUT2D eigenvalue weighted by Gasteiger charge is 2.45. The summed E-state index contributed by atoms with van der Waals surface area (Å²) in [7, 11) is 0. The van der Waals surface area contributed by atoms with Crippen molar-refractivity contribution >= 4 is 17.2 Å². The van der Waals surface area contributed by atoms with Crippen molar-refractivity contribution in [3.63, 3.8) is 0 Å². The van der Waals surface area contributed by atoms with Crippen LogP contribution >= 0.6 is 11.6 Å². The third-order valence-electron chi connectivity index (χ3n) is 5.72. The molecule has 5 rings (SSSR count). The first-order valence-corrected chi connectivity index (χ1v) is 9.70. The predicted octanol–water partition coefficient (Wildman–Crippen LogP) is 3.91. The molecule has 2 atom stereocenters. The van der Waals surface area contributed by atoms with Gasteiger partial charge in [-0.3, -0.25) is 4.68 Å². The molecule has 1 aromatic heterocycles. The molecule has 3 nitrogen and oxygen atoms in total. The third-order valence-corrected chi connectivity index (χ3v) is 6.12. The van der Waals surface area contributed by atoms with E-state index in [0.29, 0.717) is 18.4 Å². The van der Waals surface area contributed by atoms with Gasteiger partial charge >= 0.3 is 0 Å². The minimum Gasteiger partial charge on any atom is -0.316 e. The quantitative estimate of drug-likeness (QED) is 0.888. The van der Waals surface area contributed by atoms with E-state index in [4.69, 9.17) is 16.7 Å². The maximum absolute atomic E-state index is 13.6. The zero-order valence-corrected chi connectivity index (χ0v) is 15.3. The van der Waals surface area contributed by atoms with Crippen molar-refractivity contribution in [1.29, 1.82) is 0 Å². The van der Waals surface area contributed by atoms with E-state index >= 15 is 0 Å². The van der Waals surface area contributed by atoms with Gasteiger partial charge in [0.25, 0.3) is 0 Å². The molecule has 0 amide bonds. The lowest BCUT2D eigenvalue weighted by atomic mass is 9.96. The van der Waals surface area contributed by atoms with Crippen LogP contribution in [0, 0.1) is 17.7 Å². The maximum Gasteiger partial charge on any atom is 0.123 e. The van der Waals surface area contributed by atoms with Gasteiger partial charge in [0.2, 0.25) is 0 Å². The molecule has 2 heterocycles. The average Bonchev–Trinajstić information content (AvgIpc) is 3.40. The number of hydrogen-bond acceptors (Lipinski definition) is 2. The highest BCUT2D eigenvalue weighted by Crippen LogP contribution is 2.55. The average molecular weight is 370 g/mol. The van der Waals surface area contributed by atoms with Crippen molar-refractivity contribution in [2.75, 3.05) is 13.1 Å². The Labute approximate surface area is 157 Å². The molecule has 3 aliphatic rings. The summed E-state index contributed by atoms with van der Waals surface area (Å²) in [6.07, 6.45) is 7.27. The van der Waals surface area contributed by atoms with Gasteiger partial charge < -0.3 is 5.32 Å². The van der Waals surface area contributed by atoms with Crippen LogP contribution in [0.25, 0.3) is 5.57 Å². The van der Waals surface area contributed by atoms with Crippen molar-refractivity contribution in [1.82, 2.24) is 15.1 Å². The molecule has 1 aliphatic heterocycles. The molecule has 0 bridgehead atoms. The van der Waals surface area contributed by atoms with Gasteiger partial charge in [-0.1, -0.05) is 29.8 Å². The summed E-state index contributed by atoms with van der Waals surface area (Å²) in [5, 5.41) is 9.47. The van der Waals surface area contributed by atoms with Crippen LogP contribution in [0.3, 0.4) is 0 Å². The molecule has 26 heavy (non-hydrogen) atoms. The number of nitrogens with one attached hydrogen (secondary N) is 1. The molecule has 134 valence electrons. The Morgan fingerprint density at radius 1 is 1.19 bits per heavy atom. The summed E-state index contributed by atoms with van der Waals surface area (Å²) >= 11 is 6.30. The Bertz CT molecular complexity index is 927. The molecule has 1 aromatic carbocycles. The fraction of sp³-hybridized carbons (Fsp3) is 0.381. The number of nitrogens with zero attached hydrogens (tertiary/aromatic N) is 2. The van der Waals surface area contributed by atoms with Gasteiger partial charge in [-0.2, -0.15) is 5.10 Å². The van der Waals surface area contributed by atoms with E-state index in [-0.39, 0.29) is 5.82 Å². The fourth-order valence-electron chi connectivity index (χ4n) is 4.31. The molecule has 2 aromatic rings. The second-order valence-electron chi connectivity index (χ2n) is 7.43. The van der Waals surface area contributed by atoms with Gasteiger partial charge in [-0.05, 0) is 54.6 Å². The van der Waals surface area contributed by atoms with Crippen LogP contribution in [0.2, 0.25) is 0 Å². The molecule has 1 fully saturated rings. The number of allylic oxidation sites excluding steroid dienone is 4. The zero-order chi connectivity index (χ0) is 17.7. The fourth-order valence-corrected chi connectivity index (χ4v) is 4.61. The zero-order valence-electron chi connectivity index (χ0n) is 14.5. The minimum atomic E-state index is -0.196. The Hall–Kier alpha value is -1.91. The maximum atomic E-state index is 13.6. The molecule has 0 saturated heterocycles. The number of hydrogen-bond donors (Lipinski definition) is 1. The van der Waals surface area contributed by atoms with Crippen molar-refractivity contribution in [3.8, 4) is 0 Å². The molecule has 0 spiro atoms. The number of aromatic nitrogens is 2. The van der Waals surface area contributed by atoms with E-state index in [0.717, 1.165) is 48.6 Å². The summed E-state index contributed by atoms with van der Waals surface area (Å²) < 4.78 is 15.7. The molecular formula is C21H21ClFN3. The van der Waals surface area contributed by atoms with Crippen LogP contribution in [0.15, 0.2) is 41.4 Å². The number of rotatable bonds is 3. The van der Waals surface area contributed by atoms with Gasteiger partial charge in [0.1, 0.15) is 5.82 Å². The lowest BCUT2D eigenvalue weighted by Crippen LogP contribution is -2.18. The van der Waals surface area contributed by atoms with Gasteiger partial charge in [0.05, 0.1) is 12.2 Å². The van der Waals surface area contributed by atoms with Gasteiger partial charge in [-0.15, -0.1) is 0 Å².